The van der Waals surface area contributed by atoms with Crippen molar-refractivity contribution in [1.82, 2.24) is 9.97 Å². The van der Waals surface area contributed by atoms with E-state index in [9.17, 15) is 8.78 Å². The molecule has 0 amide bonds. The second-order valence-electron chi connectivity index (χ2n) is 15.9. The fourth-order valence-corrected chi connectivity index (χ4v) is 32.4. The van der Waals surface area contributed by atoms with E-state index in [4.69, 9.17) is 9.47 Å². The summed E-state index contributed by atoms with van der Waals surface area (Å²) in [4.78, 5) is 8.28. The molecule has 0 aliphatic heterocycles. The number of unbranched alkanes of at least 4 members (excludes halogenated alkanes) is 8. The van der Waals surface area contributed by atoms with Crippen LogP contribution >= 0.6 is 0 Å². The molecular weight excluding hydrogens is 615 g/mol. The highest BCUT2D eigenvalue weighted by atomic mass is 28.4. The monoisotopic (exact) mass is 678 g/mol. The first-order valence-corrected chi connectivity index (χ1v) is 28.2. The van der Waals surface area contributed by atoms with Gasteiger partial charge in [0, 0.05) is 42.2 Å². The molecule has 4 nitrogen and oxygen atoms in total. The molecule has 45 heavy (non-hydrogen) atoms. The Hall–Kier alpha value is -1.59. The lowest BCUT2D eigenvalue weighted by Crippen LogP contribution is -2.44. The normalized spacial score (nSPS) is 13.9. The summed E-state index contributed by atoms with van der Waals surface area (Å²) < 4.78 is 38.6. The highest BCUT2D eigenvalue weighted by Gasteiger charge is 2.34. The Kier molecular flexibility index (Phi) is 17.5. The van der Waals surface area contributed by atoms with E-state index >= 15 is 0 Å². The van der Waals surface area contributed by atoms with E-state index in [1.165, 1.54) is 57.4 Å². The third-order valence-corrected chi connectivity index (χ3v) is 25.8. The van der Waals surface area contributed by atoms with Crippen molar-refractivity contribution in [3.05, 3.63) is 36.7 Å². The Bertz CT molecular complexity index is 1060. The Morgan fingerprint density at radius 3 is 1.76 bits per heavy atom. The molecule has 0 saturated heterocycles. The number of alkyl halides is 2. The molecule has 0 unspecified atom stereocenters. The van der Waals surface area contributed by atoms with Crippen molar-refractivity contribution >= 4 is 24.2 Å². The molecule has 1 heterocycles. The van der Waals surface area contributed by atoms with Crippen LogP contribution in [0.1, 0.15) is 77.6 Å². The van der Waals surface area contributed by atoms with E-state index < -0.39 is 36.6 Å². The first-order valence-electron chi connectivity index (χ1n) is 17.7. The number of nitrogens with zero attached hydrogens (tertiary/aromatic N) is 2. The molecule has 0 spiro atoms. The molecule has 0 saturated carbocycles. The van der Waals surface area contributed by atoms with Gasteiger partial charge in [0.05, 0.1) is 6.61 Å². The van der Waals surface area contributed by atoms with Crippen molar-refractivity contribution in [2.24, 2.45) is 0 Å². The van der Waals surface area contributed by atoms with Crippen LogP contribution in [0.5, 0.6) is 11.8 Å². The van der Waals surface area contributed by atoms with Gasteiger partial charge in [-0.2, -0.15) is 0 Å². The number of ether oxygens (including phenoxy) is 2. The molecular formula is C36H64F2N2O2Si3. The maximum Gasteiger partial charge on any atom is 0.316 e. The van der Waals surface area contributed by atoms with E-state index in [1.54, 1.807) is 23.7 Å². The number of hydrogen-bond acceptors (Lipinski definition) is 4. The van der Waals surface area contributed by atoms with Gasteiger partial charge in [0.2, 0.25) is 0 Å². The molecule has 0 aliphatic rings. The maximum absolute atomic E-state index is 13.8. The summed E-state index contributed by atoms with van der Waals surface area (Å²) in [5.41, 5.74) is 4.99. The molecule has 0 N–H and O–H groups in total. The van der Waals surface area contributed by atoms with Crippen molar-refractivity contribution in [3.8, 4) is 22.9 Å². The minimum Gasteiger partial charge on any atom is -0.494 e. The first kappa shape index (κ1) is 39.6. The maximum atomic E-state index is 13.8. The predicted octanol–water partition coefficient (Wildman–Crippen LogP) is 11.7. The standard InChI is InChI=1S/C36H64F2N2O2Si3/c1-9-19-34(37)35(38)28-42-36-39-26-32(27-40-36)31-20-22-33(23-21-31)41-24-17-15-13-11-10-12-14-16-18-25-44(5,6)30-45(7,8)29-43(2,3)4/h20-23,26-27,34-35H,9-19,24-25,28-30H2,1-8H3/t34-,35+/m0/s1. The van der Waals surface area contributed by atoms with Gasteiger partial charge in [-0.15, -0.1) is 0 Å². The summed E-state index contributed by atoms with van der Waals surface area (Å²) in [7, 11) is -3.01. The van der Waals surface area contributed by atoms with E-state index in [0.29, 0.717) is 6.42 Å². The molecule has 0 radical (unpaired) electrons. The van der Waals surface area contributed by atoms with Gasteiger partial charge in [0.25, 0.3) is 0 Å². The van der Waals surface area contributed by atoms with Gasteiger partial charge in [0.1, 0.15) is 18.5 Å². The van der Waals surface area contributed by atoms with Gasteiger partial charge < -0.3 is 9.47 Å². The molecule has 0 aliphatic carbocycles. The minimum atomic E-state index is -1.67. The number of aromatic nitrogens is 2. The fraction of sp³-hybridized carbons (Fsp3) is 0.722. The fourth-order valence-electron chi connectivity index (χ4n) is 7.01. The Balaban J connectivity index is 1.52. The molecule has 256 valence electrons. The smallest absolute Gasteiger partial charge is 0.316 e. The van der Waals surface area contributed by atoms with Gasteiger partial charge >= 0.3 is 6.01 Å². The quantitative estimate of drug-likeness (QED) is 0.0819. The van der Waals surface area contributed by atoms with E-state index in [0.717, 1.165) is 29.9 Å². The van der Waals surface area contributed by atoms with Crippen molar-refractivity contribution < 1.29 is 18.3 Å². The van der Waals surface area contributed by atoms with E-state index in [-0.39, 0.29) is 19.0 Å². The number of rotatable bonds is 24. The van der Waals surface area contributed by atoms with Crippen molar-refractivity contribution in [3.63, 3.8) is 0 Å². The van der Waals surface area contributed by atoms with Crippen molar-refractivity contribution in [1.29, 1.82) is 0 Å². The summed E-state index contributed by atoms with van der Waals surface area (Å²) in [6.07, 6.45) is 12.8. The highest BCUT2D eigenvalue weighted by molar-refractivity contribution is 7.02. The highest BCUT2D eigenvalue weighted by Crippen LogP contribution is 2.31. The zero-order valence-electron chi connectivity index (χ0n) is 29.9. The molecule has 9 heteroatoms. The SMILES string of the molecule is CCC[C@H](F)[C@H](F)COc1ncc(-c2ccc(OCCCCCCCCCCC[Si](C)(C)C[Si](C)(C)C[Si](C)(C)C)cc2)cn1. The average molecular weight is 679 g/mol. The molecule has 2 rings (SSSR count). The number of benzene rings is 1. The van der Waals surface area contributed by atoms with Crippen LogP contribution in [0, 0.1) is 0 Å². The summed E-state index contributed by atoms with van der Waals surface area (Å²) in [5.74, 6) is 0.856. The van der Waals surface area contributed by atoms with Gasteiger partial charge in [-0.1, -0.05) is 140 Å². The van der Waals surface area contributed by atoms with Crippen LogP contribution in [0.15, 0.2) is 36.7 Å². The lowest BCUT2D eigenvalue weighted by atomic mass is 10.1. The molecule has 2 atom stereocenters. The molecule has 1 aromatic heterocycles. The zero-order chi connectivity index (χ0) is 33.3. The van der Waals surface area contributed by atoms with Crippen LogP contribution in [0.4, 0.5) is 8.78 Å². The molecule has 0 fully saturated rings. The van der Waals surface area contributed by atoms with Crippen LogP contribution < -0.4 is 9.47 Å². The van der Waals surface area contributed by atoms with Gasteiger partial charge in [-0.25, -0.2) is 18.7 Å². The number of halogens is 2. The van der Waals surface area contributed by atoms with Gasteiger partial charge in [-0.3, -0.25) is 0 Å². The van der Waals surface area contributed by atoms with E-state index in [1.807, 2.05) is 31.2 Å². The molecule has 1 aromatic carbocycles. The first-order chi connectivity index (χ1) is 21.2. The second kappa shape index (κ2) is 19.9. The van der Waals surface area contributed by atoms with Crippen LogP contribution in [0.25, 0.3) is 11.1 Å². The van der Waals surface area contributed by atoms with Crippen LogP contribution in [-0.4, -0.2) is 59.7 Å². The summed E-state index contributed by atoms with van der Waals surface area (Å²) in [5, 5.41) is 0. The topological polar surface area (TPSA) is 44.2 Å². The van der Waals surface area contributed by atoms with E-state index in [2.05, 4.69) is 55.8 Å². The zero-order valence-corrected chi connectivity index (χ0v) is 32.9. The predicted molar refractivity (Wildman–Crippen MR) is 197 cm³/mol. The lowest BCUT2D eigenvalue weighted by molar-refractivity contribution is 0.0983. The van der Waals surface area contributed by atoms with Crippen molar-refractivity contribution in [2.45, 2.75) is 153 Å². The minimum absolute atomic E-state index is 0.0507. The van der Waals surface area contributed by atoms with Crippen LogP contribution in [0.3, 0.4) is 0 Å². The summed E-state index contributed by atoms with van der Waals surface area (Å²) >= 11 is 0. The molecule has 2 aromatic rings. The largest absolute Gasteiger partial charge is 0.494 e. The average Bonchev–Trinajstić information content (AvgIpc) is 2.95. The summed E-state index contributed by atoms with van der Waals surface area (Å²) in [6, 6.07) is 9.45. The van der Waals surface area contributed by atoms with Gasteiger partial charge in [-0.05, 0) is 30.5 Å². The molecule has 0 bridgehead atoms. The Morgan fingerprint density at radius 1 is 0.644 bits per heavy atom. The third-order valence-electron chi connectivity index (χ3n) is 8.38. The van der Waals surface area contributed by atoms with Crippen molar-refractivity contribution in [2.75, 3.05) is 13.2 Å². The third kappa shape index (κ3) is 17.8. The summed E-state index contributed by atoms with van der Waals surface area (Å²) in [6.45, 7) is 20.5. The van der Waals surface area contributed by atoms with Crippen LogP contribution in [-0.2, 0) is 0 Å². The second-order valence-corrected chi connectivity index (χ2v) is 33.0. The van der Waals surface area contributed by atoms with Gasteiger partial charge in [0.15, 0.2) is 6.17 Å². The lowest BCUT2D eigenvalue weighted by Gasteiger charge is -2.36. The Labute approximate surface area is 277 Å². The van der Waals surface area contributed by atoms with Crippen LogP contribution in [0.2, 0.25) is 63.2 Å². The number of hydrogen-bond donors (Lipinski definition) is 0. The Morgan fingerprint density at radius 2 is 1.20 bits per heavy atom.